The second-order valence-corrected chi connectivity index (χ2v) is 4.72. The summed E-state index contributed by atoms with van der Waals surface area (Å²) < 4.78 is 0. The molecule has 0 heterocycles. The minimum atomic E-state index is -0.186. The Labute approximate surface area is 123 Å². The number of halogens is 1. The van der Waals surface area contributed by atoms with Crippen molar-refractivity contribution in [3.05, 3.63) is 70.8 Å². The molecular formula is C16H15ClN2O. The standard InChI is InChI=1S/C16H15ClN2O/c17-14-7-4-12(5-8-14)6-9-16(20)19-15-3-1-2-13(10-15)11-18/h1-10H,11,18H2,(H,19,20). The van der Waals surface area contributed by atoms with Crippen LogP contribution in [0.4, 0.5) is 5.69 Å². The summed E-state index contributed by atoms with van der Waals surface area (Å²) in [5.41, 5.74) is 8.19. The van der Waals surface area contributed by atoms with Crippen LogP contribution in [0, 0.1) is 0 Å². The highest BCUT2D eigenvalue weighted by Crippen LogP contribution is 2.12. The molecular weight excluding hydrogens is 272 g/mol. The molecule has 0 aromatic heterocycles. The van der Waals surface area contributed by atoms with Crippen LogP contribution in [0.25, 0.3) is 6.08 Å². The van der Waals surface area contributed by atoms with E-state index in [0.717, 1.165) is 16.8 Å². The van der Waals surface area contributed by atoms with Crippen LogP contribution in [0.15, 0.2) is 54.6 Å². The first-order valence-electron chi connectivity index (χ1n) is 6.21. The lowest BCUT2D eigenvalue weighted by Gasteiger charge is -2.04. The molecule has 0 saturated carbocycles. The van der Waals surface area contributed by atoms with Crippen molar-refractivity contribution in [2.75, 3.05) is 5.32 Å². The average Bonchev–Trinajstić information content (AvgIpc) is 2.47. The Morgan fingerprint density at radius 1 is 1.20 bits per heavy atom. The van der Waals surface area contributed by atoms with Crippen LogP contribution in [0.5, 0.6) is 0 Å². The third kappa shape index (κ3) is 4.23. The minimum absolute atomic E-state index is 0.186. The molecule has 0 bridgehead atoms. The summed E-state index contributed by atoms with van der Waals surface area (Å²) >= 11 is 5.80. The van der Waals surface area contributed by atoms with Crippen LogP contribution in [0.2, 0.25) is 5.02 Å². The van der Waals surface area contributed by atoms with E-state index >= 15 is 0 Å². The van der Waals surface area contributed by atoms with E-state index in [1.54, 1.807) is 18.2 Å². The van der Waals surface area contributed by atoms with Gasteiger partial charge in [0, 0.05) is 23.3 Å². The predicted octanol–water partition coefficient (Wildman–Crippen LogP) is 3.45. The number of carbonyl (C=O) groups is 1. The van der Waals surface area contributed by atoms with Gasteiger partial charge in [-0.3, -0.25) is 4.79 Å². The molecule has 3 N–H and O–H groups in total. The van der Waals surface area contributed by atoms with E-state index in [1.807, 2.05) is 36.4 Å². The maximum atomic E-state index is 11.8. The van der Waals surface area contributed by atoms with Gasteiger partial charge in [-0.05, 0) is 41.5 Å². The Balaban J connectivity index is 1.99. The van der Waals surface area contributed by atoms with Gasteiger partial charge in [-0.2, -0.15) is 0 Å². The van der Waals surface area contributed by atoms with Crippen molar-refractivity contribution in [3.63, 3.8) is 0 Å². The fourth-order valence-corrected chi connectivity index (χ4v) is 1.83. The molecule has 0 aliphatic heterocycles. The second-order valence-electron chi connectivity index (χ2n) is 4.28. The summed E-state index contributed by atoms with van der Waals surface area (Å²) in [6.45, 7) is 0.449. The molecule has 0 saturated heterocycles. The maximum Gasteiger partial charge on any atom is 0.248 e. The highest BCUT2D eigenvalue weighted by Gasteiger charge is 1.98. The monoisotopic (exact) mass is 286 g/mol. The zero-order valence-electron chi connectivity index (χ0n) is 10.8. The molecule has 3 nitrogen and oxygen atoms in total. The van der Waals surface area contributed by atoms with Gasteiger partial charge in [0.05, 0.1) is 0 Å². The summed E-state index contributed by atoms with van der Waals surface area (Å²) in [4.78, 5) is 11.8. The largest absolute Gasteiger partial charge is 0.326 e. The van der Waals surface area contributed by atoms with Crippen molar-refractivity contribution in [1.29, 1.82) is 0 Å². The van der Waals surface area contributed by atoms with Gasteiger partial charge in [-0.15, -0.1) is 0 Å². The molecule has 2 aromatic carbocycles. The minimum Gasteiger partial charge on any atom is -0.326 e. The highest BCUT2D eigenvalue weighted by atomic mass is 35.5. The molecule has 0 spiro atoms. The average molecular weight is 287 g/mol. The molecule has 0 aliphatic carbocycles. The molecule has 20 heavy (non-hydrogen) atoms. The normalized spacial score (nSPS) is 10.7. The first kappa shape index (κ1) is 14.3. The second kappa shape index (κ2) is 6.89. The van der Waals surface area contributed by atoms with Crippen molar-refractivity contribution in [2.24, 2.45) is 5.73 Å². The molecule has 0 radical (unpaired) electrons. The Bertz CT molecular complexity index is 621. The van der Waals surface area contributed by atoms with Gasteiger partial charge in [0.15, 0.2) is 0 Å². The van der Waals surface area contributed by atoms with Crippen LogP contribution >= 0.6 is 11.6 Å². The third-order valence-corrected chi connectivity index (χ3v) is 2.98. The molecule has 2 rings (SSSR count). The van der Waals surface area contributed by atoms with Gasteiger partial charge in [0.2, 0.25) is 5.91 Å². The van der Waals surface area contributed by atoms with Crippen LogP contribution in [0.3, 0.4) is 0 Å². The van der Waals surface area contributed by atoms with E-state index in [2.05, 4.69) is 5.32 Å². The first-order valence-corrected chi connectivity index (χ1v) is 6.59. The predicted molar refractivity (Wildman–Crippen MR) is 83.4 cm³/mol. The lowest BCUT2D eigenvalue weighted by Crippen LogP contribution is -2.08. The molecule has 102 valence electrons. The third-order valence-electron chi connectivity index (χ3n) is 2.73. The number of amides is 1. The Morgan fingerprint density at radius 3 is 2.65 bits per heavy atom. The molecule has 4 heteroatoms. The number of carbonyl (C=O) groups excluding carboxylic acids is 1. The van der Waals surface area contributed by atoms with E-state index in [9.17, 15) is 4.79 Å². The van der Waals surface area contributed by atoms with Crippen molar-refractivity contribution in [2.45, 2.75) is 6.54 Å². The quantitative estimate of drug-likeness (QED) is 0.846. The fourth-order valence-electron chi connectivity index (χ4n) is 1.71. The zero-order valence-corrected chi connectivity index (χ0v) is 11.6. The Hall–Kier alpha value is -2.10. The number of rotatable bonds is 4. The van der Waals surface area contributed by atoms with Crippen LogP contribution < -0.4 is 11.1 Å². The summed E-state index contributed by atoms with van der Waals surface area (Å²) in [6.07, 6.45) is 3.22. The van der Waals surface area contributed by atoms with Crippen molar-refractivity contribution >= 4 is 29.3 Å². The SMILES string of the molecule is NCc1cccc(NC(=O)C=Cc2ccc(Cl)cc2)c1. The topological polar surface area (TPSA) is 55.1 Å². The van der Waals surface area contributed by atoms with Crippen molar-refractivity contribution < 1.29 is 4.79 Å². The Morgan fingerprint density at radius 2 is 1.95 bits per heavy atom. The molecule has 0 aliphatic rings. The van der Waals surface area contributed by atoms with Gasteiger partial charge >= 0.3 is 0 Å². The summed E-state index contributed by atoms with van der Waals surface area (Å²) in [5.74, 6) is -0.186. The summed E-state index contributed by atoms with van der Waals surface area (Å²) in [7, 11) is 0. The van der Waals surface area contributed by atoms with Crippen molar-refractivity contribution in [1.82, 2.24) is 0 Å². The van der Waals surface area contributed by atoms with Gasteiger partial charge in [-0.1, -0.05) is 35.9 Å². The van der Waals surface area contributed by atoms with Crippen LogP contribution in [-0.2, 0) is 11.3 Å². The molecule has 1 amide bonds. The van der Waals surface area contributed by atoms with E-state index in [0.29, 0.717) is 11.6 Å². The fraction of sp³-hybridized carbons (Fsp3) is 0.0625. The molecule has 2 aromatic rings. The van der Waals surface area contributed by atoms with Gasteiger partial charge < -0.3 is 11.1 Å². The highest BCUT2D eigenvalue weighted by molar-refractivity contribution is 6.30. The molecule has 0 atom stereocenters. The smallest absolute Gasteiger partial charge is 0.248 e. The molecule has 0 unspecified atom stereocenters. The zero-order chi connectivity index (χ0) is 14.4. The number of nitrogens with two attached hydrogens (primary N) is 1. The maximum absolute atomic E-state index is 11.8. The number of hydrogen-bond acceptors (Lipinski definition) is 2. The number of benzene rings is 2. The molecule has 0 fully saturated rings. The van der Waals surface area contributed by atoms with E-state index < -0.39 is 0 Å². The van der Waals surface area contributed by atoms with Gasteiger partial charge in [-0.25, -0.2) is 0 Å². The first-order chi connectivity index (χ1) is 9.67. The van der Waals surface area contributed by atoms with Crippen LogP contribution in [0.1, 0.15) is 11.1 Å². The number of hydrogen-bond donors (Lipinski definition) is 2. The number of nitrogens with one attached hydrogen (secondary N) is 1. The van der Waals surface area contributed by atoms with E-state index in [4.69, 9.17) is 17.3 Å². The van der Waals surface area contributed by atoms with E-state index in [1.165, 1.54) is 6.08 Å². The van der Waals surface area contributed by atoms with Gasteiger partial charge in [0.25, 0.3) is 0 Å². The Kier molecular flexibility index (Phi) is 4.93. The lowest BCUT2D eigenvalue weighted by molar-refractivity contribution is -0.111. The summed E-state index contributed by atoms with van der Waals surface area (Å²) in [5, 5.41) is 3.46. The van der Waals surface area contributed by atoms with E-state index in [-0.39, 0.29) is 5.91 Å². The summed E-state index contributed by atoms with van der Waals surface area (Å²) in [6, 6.07) is 14.7. The van der Waals surface area contributed by atoms with Gasteiger partial charge in [0.1, 0.15) is 0 Å². The van der Waals surface area contributed by atoms with Crippen molar-refractivity contribution in [3.8, 4) is 0 Å². The lowest BCUT2D eigenvalue weighted by atomic mass is 10.2. The number of anilines is 1. The van der Waals surface area contributed by atoms with Crippen LogP contribution in [-0.4, -0.2) is 5.91 Å².